The Labute approximate surface area is 319 Å². The summed E-state index contributed by atoms with van der Waals surface area (Å²) >= 11 is 0. The van der Waals surface area contributed by atoms with Crippen molar-refractivity contribution in [2.75, 3.05) is 6.61 Å². The summed E-state index contributed by atoms with van der Waals surface area (Å²) < 4.78 is 0. The molecule has 5 nitrogen and oxygen atoms in total. The molecule has 0 aliphatic heterocycles. The molecule has 3 atom stereocenters. The predicted molar refractivity (Wildman–Crippen MR) is 222 cm³/mol. The summed E-state index contributed by atoms with van der Waals surface area (Å²) in [5.41, 5.74) is 0. The molecule has 51 heavy (non-hydrogen) atoms. The summed E-state index contributed by atoms with van der Waals surface area (Å²) in [7, 11) is 0. The molecule has 5 heteroatoms. The van der Waals surface area contributed by atoms with E-state index in [1.54, 1.807) is 0 Å². The van der Waals surface area contributed by atoms with Crippen LogP contribution in [0.15, 0.2) is 12.2 Å². The molecular weight excluding hydrogens is 631 g/mol. The molecule has 0 aromatic rings. The van der Waals surface area contributed by atoms with Crippen molar-refractivity contribution in [2.45, 2.75) is 270 Å². The predicted octanol–water partition coefficient (Wildman–Crippen LogP) is 13.2. The molecule has 0 heterocycles. The molecule has 0 radical (unpaired) electrons. The van der Waals surface area contributed by atoms with Crippen LogP contribution in [0.3, 0.4) is 0 Å². The van der Waals surface area contributed by atoms with Gasteiger partial charge in [-0.1, -0.05) is 219 Å². The van der Waals surface area contributed by atoms with Crippen LogP contribution in [0.25, 0.3) is 0 Å². The van der Waals surface area contributed by atoms with E-state index in [1.165, 1.54) is 180 Å². The zero-order valence-electron chi connectivity index (χ0n) is 34.5. The highest BCUT2D eigenvalue weighted by Gasteiger charge is 2.26. The monoisotopic (exact) mass is 722 g/mol. The van der Waals surface area contributed by atoms with E-state index in [0.717, 1.165) is 44.9 Å². The zero-order valence-corrected chi connectivity index (χ0v) is 34.5. The molecule has 0 bridgehead atoms. The molecule has 0 rings (SSSR count). The van der Waals surface area contributed by atoms with Crippen molar-refractivity contribution in [1.82, 2.24) is 5.32 Å². The lowest BCUT2D eigenvalue weighted by Crippen LogP contribution is -2.50. The first-order valence-corrected chi connectivity index (χ1v) is 23.0. The molecule has 3 unspecified atom stereocenters. The number of hydrogen-bond acceptors (Lipinski definition) is 4. The molecule has 0 aromatic carbocycles. The van der Waals surface area contributed by atoms with E-state index in [0.29, 0.717) is 12.8 Å². The fourth-order valence-corrected chi connectivity index (χ4v) is 7.28. The molecule has 0 saturated carbocycles. The van der Waals surface area contributed by atoms with Gasteiger partial charge in [0.05, 0.1) is 18.8 Å². The topological polar surface area (TPSA) is 89.8 Å². The van der Waals surface area contributed by atoms with Gasteiger partial charge < -0.3 is 20.6 Å². The zero-order chi connectivity index (χ0) is 37.3. The molecule has 1 amide bonds. The van der Waals surface area contributed by atoms with Gasteiger partial charge in [0.15, 0.2) is 0 Å². The van der Waals surface area contributed by atoms with E-state index in [1.807, 2.05) is 0 Å². The largest absolute Gasteiger partial charge is 0.394 e. The van der Waals surface area contributed by atoms with Crippen LogP contribution in [0.5, 0.6) is 0 Å². The maximum absolute atomic E-state index is 12.4. The van der Waals surface area contributed by atoms with E-state index in [-0.39, 0.29) is 12.5 Å². The average Bonchev–Trinajstić information content (AvgIpc) is 3.13. The van der Waals surface area contributed by atoms with Gasteiger partial charge in [0.25, 0.3) is 0 Å². The first-order valence-electron chi connectivity index (χ1n) is 23.0. The number of carbonyl (C=O) groups excluding carboxylic acids is 1. The molecule has 0 aliphatic rings. The van der Waals surface area contributed by atoms with Crippen LogP contribution in [0.4, 0.5) is 0 Å². The van der Waals surface area contributed by atoms with Crippen LogP contribution in [0.2, 0.25) is 0 Å². The second kappa shape index (κ2) is 41.8. The minimum atomic E-state index is -1.14. The van der Waals surface area contributed by atoms with Crippen LogP contribution in [-0.4, -0.2) is 46.1 Å². The van der Waals surface area contributed by atoms with Gasteiger partial charge in [-0.3, -0.25) is 4.79 Å². The lowest BCUT2D eigenvalue weighted by Gasteiger charge is -2.26. The van der Waals surface area contributed by atoms with Crippen molar-refractivity contribution in [1.29, 1.82) is 0 Å². The normalized spacial score (nSPS) is 13.6. The van der Waals surface area contributed by atoms with E-state index < -0.39 is 18.2 Å². The first kappa shape index (κ1) is 50.1. The summed E-state index contributed by atoms with van der Waals surface area (Å²) in [5.74, 6) is -0.150. The van der Waals surface area contributed by atoms with E-state index >= 15 is 0 Å². The Balaban J connectivity index is 3.61. The summed E-state index contributed by atoms with van der Waals surface area (Å²) in [6.07, 6.45) is 48.9. The van der Waals surface area contributed by atoms with E-state index in [2.05, 4.69) is 31.3 Å². The molecular formula is C46H91NO4. The molecule has 0 aromatic heterocycles. The van der Waals surface area contributed by atoms with Crippen molar-refractivity contribution >= 4 is 5.91 Å². The van der Waals surface area contributed by atoms with Gasteiger partial charge in [-0.2, -0.15) is 0 Å². The minimum Gasteiger partial charge on any atom is -0.394 e. The Kier molecular flexibility index (Phi) is 41.1. The van der Waals surface area contributed by atoms with E-state index in [4.69, 9.17) is 0 Å². The second-order valence-electron chi connectivity index (χ2n) is 16.0. The maximum Gasteiger partial charge on any atom is 0.220 e. The number of amides is 1. The lowest BCUT2D eigenvalue weighted by molar-refractivity contribution is -0.124. The van der Waals surface area contributed by atoms with Crippen LogP contribution >= 0.6 is 0 Å². The number of unbranched alkanes of at least 4 members (excludes halogenated alkanes) is 32. The summed E-state index contributed by atoms with van der Waals surface area (Å²) in [6, 6.07) is -0.810. The smallest absolute Gasteiger partial charge is 0.220 e. The highest BCUT2D eigenvalue weighted by molar-refractivity contribution is 5.76. The quantitative estimate of drug-likeness (QED) is 0.0373. The average molecular weight is 722 g/mol. The number of nitrogens with one attached hydrogen (secondary N) is 1. The first-order chi connectivity index (χ1) is 25.1. The molecule has 0 fully saturated rings. The van der Waals surface area contributed by atoms with Gasteiger partial charge >= 0.3 is 0 Å². The number of rotatable bonds is 42. The minimum absolute atomic E-state index is 0.150. The van der Waals surface area contributed by atoms with Gasteiger partial charge in [-0.15, -0.1) is 0 Å². The highest BCUT2D eigenvalue weighted by atomic mass is 16.3. The molecule has 0 spiro atoms. The Morgan fingerprint density at radius 1 is 0.471 bits per heavy atom. The number of aliphatic hydroxyl groups is 3. The van der Waals surface area contributed by atoms with Gasteiger partial charge in [-0.25, -0.2) is 0 Å². The van der Waals surface area contributed by atoms with Crippen molar-refractivity contribution in [3.05, 3.63) is 12.2 Å². The Bertz CT molecular complexity index is 713. The van der Waals surface area contributed by atoms with Gasteiger partial charge in [0.2, 0.25) is 5.91 Å². The lowest BCUT2D eigenvalue weighted by atomic mass is 9.99. The second-order valence-corrected chi connectivity index (χ2v) is 16.0. The fraction of sp³-hybridized carbons (Fsp3) is 0.935. The Morgan fingerprint density at radius 2 is 0.784 bits per heavy atom. The van der Waals surface area contributed by atoms with Crippen molar-refractivity contribution < 1.29 is 20.1 Å². The van der Waals surface area contributed by atoms with Crippen molar-refractivity contribution in [2.24, 2.45) is 0 Å². The summed E-state index contributed by atoms with van der Waals surface area (Å²) in [4.78, 5) is 12.4. The number of allylic oxidation sites excluding steroid dienone is 2. The van der Waals surface area contributed by atoms with Gasteiger partial charge in [0.1, 0.15) is 6.10 Å². The molecule has 0 aliphatic carbocycles. The van der Waals surface area contributed by atoms with Crippen LogP contribution < -0.4 is 5.32 Å². The Hall–Kier alpha value is -0.910. The number of aliphatic hydroxyl groups excluding tert-OH is 3. The third kappa shape index (κ3) is 37.2. The third-order valence-corrected chi connectivity index (χ3v) is 10.9. The van der Waals surface area contributed by atoms with Gasteiger partial charge in [-0.05, 0) is 38.5 Å². The number of carbonyl (C=O) groups is 1. The van der Waals surface area contributed by atoms with Crippen molar-refractivity contribution in [3.63, 3.8) is 0 Å². The molecule has 304 valence electrons. The van der Waals surface area contributed by atoms with Crippen molar-refractivity contribution in [3.8, 4) is 0 Å². The van der Waals surface area contributed by atoms with Crippen LogP contribution in [0, 0.1) is 0 Å². The summed E-state index contributed by atoms with van der Waals surface area (Å²) in [6.45, 7) is 4.19. The molecule has 4 N–H and O–H groups in total. The van der Waals surface area contributed by atoms with E-state index in [9.17, 15) is 20.1 Å². The molecule has 0 saturated heterocycles. The van der Waals surface area contributed by atoms with Gasteiger partial charge in [0, 0.05) is 6.42 Å². The fourth-order valence-electron chi connectivity index (χ4n) is 7.28. The number of hydrogen-bond donors (Lipinski definition) is 4. The SMILES string of the molecule is CCCCCCCCCCC/C=C\CCCCCCCC(=O)NC(CO)C(O)C(O)CCCCCCCCCCCCCCCCCCCCC. The highest BCUT2D eigenvalue weighted by Crippen LogP contribution is 2.17. The van der Waals surface area contributed by atoms with Crippen LogP contribution in [-0.2, 0) is 4.79 Å². The third-order valence-electron chi connectivity index (χ3n) is 10.9. The van der Waals surface area contributed by atoms with Crippen LogP contribution in [0.1, 0.15) is 251 Å². The summed E-state index contributed by atoms with van der Waals surface area (Å²) in [5, 5.41) is 33.6. The maximum atomic E-state index is 12.4. The standard InChI is InChI=1S/C46H91NO4/c1-3-5-7-9-11-13-15-17-19-21-23-24-26-28-30-32-34-36-38-40-44(49)46(51)43(42-48)47-45(50)41-39-37-35-33-31-29-27-25-22-20-18-16-14-12-10-8-6-4-2/h25,27,43-44,46,48-49,51H,3-24,26,28-42H2,1-2H3,(H,47,50)/b27-25-. The Morgan fingerprint density at radius 3 is 1.14 bits per heavy atom.